The topological polar surface area (TPSA) is 56.3 Å². The minimum absolute atomic E-state index is 0. The molecule has 2 aromatic rings. The van der Waals surface area contributed by atoms with Gasteiger partial charge in [0.1, 0.15) is 0 Å². The molecule has 1 unspecified atom stereocenters. The number of halogens is 1. The maximum absolute atomic E-state index is 12.4. The minimum atomic E-state index is -2.09. The first-order valence-corrected chi connectivity index (χ1v) is 9.50. The molecule has 0 bridgehead atoms. The highest BCUT2D eigenvalue weighted by Gasteiger charge is 2.27. The second-order valence-electron chi connectivity index (χ2n) is 5.81. The monoisotopic (exact) mass is 339 g/mol. The van der Waals surface area contributed by atoms with Crippen molar-refractivity contribution in [3.8, 4) is 0 Å². The number of benzene rings is 1. The normalized spacial score (nSPS) is 20.1. The van der Waals surface area contributed by atoms with Gasteiger partial charge in [0.2, 0.25) is 0 Å². The molecule has 0 N–H and O–H groups in total. The summed E-state index contributed by atoms with van der Waals surface area (Å²) in [5, 5.41) is 0.943. The Balaban J connectivity index is 0.00000176. The van der Waals surface area contributed by atoms with Gasteiger partial charge in [0.15, 0.2) is 0 Å². The standard InChI is InChI=1S/C16H18NO3P.ClH/c1-10-12-8-11(16(18)20-2)4-5-14(12)17-15-6-7-21(3,19)9-13(10)15;/h4-5,8H,6-7,9H2,1-3H3;1H. The number of rotatable bonds is 1. The number of aromatic nitrogens is 1. The van der Waals surface area contributed by atoms with Crippen molar-refractivity contribution in [3.63, 3.8) is 0 Å². The van der Waals surface area contributed by atoms with Crippen LogP contribution in [0.5, 0.6) is 0 Å². The molecule has 22 heavy (non-hydrogen) atoms. The summed E-state index contributed by atoms with van der Waals surface area (Å²) < 4.78 is 17.2. The van der Waals surface area contributed by atoms with Crippen LogP contribution in [0.3, 0.4) is 0 Å². The molecule has 3 rings (SSSR count). The van der Waals surface area contributed by atoms with Crippen LogP contribution in [0.2, 0.25) is 0 Å². The number of aryl methyl sites for hydroxylation is 2. The Hall–Kier alpha value is -1.38. The average Bonchev–Trinajstić information content (AvgIpc) is 2.47. The smallest absolute Gasteiger partial charge is 0.337 e. The van der Waals surface area contributed by atoms with Crippen LogP contribution in [-0.4, -0.2) is 30.9 Å². The summed E-state index contributed by atoms with van der Waals surface area (Å²) >= 11 is 0. The van der Waals surface area contributed by atoms with Gasteiger partial charge >= 0.3 is 5.97 Å². The number of methoxy groups -OCH3 is 1. The molecule has 1 aromatic heterocycles. The summed E-state index contributed by atoms with van der Waals surface area (Å²) in [6, 6.07) is 5.41. The van der Waals surface area contributed by atoms with E-state index >= 15 is 0 Å². The molecule has 0 fully saturated rings. The van der Waals surface area contributed by atoms with E-state index in [0.29, 0.717) is 11.7 Å². The van der Waals surface area contributed by atoms with E-state index in [4.69, 9.17) is 9.72 Å². The van der Waals surface area contributed by atoms with Crippen LogP contribution in [0.1, 0.15) is 27.2 Å². The van der Waals surface area contributed by atoms with Gasteiger partial charge in [-0.25, -0.2) is 4.79 Å². The molecule has 4 nitrogen and oxygen atoms in total. The zero-order valence-corrected chi connectivity index (χ0v) is 14.6. The molecule has 0 saturated carbocycles. The van der Waals surface area contributed by atoms with Crippen LogP contribution >= 0.6 is 19.5 Å². The quantitative estimate of drug-likeness (QED) is 0.585. The summed E-state index contributed by atoms with van der Waals surface area (Å²) in [6.45, 7) is 3.89. The predicted octanol–water partition coefficient (Wildman–Crippen LogP) is 3.80. The van der Waals surface area contributed by atoms with Crippen molar-refractivity contribution < 1.29 is 14.1 Å². The third-order valence-corrected chi connectivity index (χ3v) is 6.35. The van der Waals surface area contributed by atoms with Gasteiger partial charge < -0.3 is 9.30 Å². The van der Waals surface area contributed by atoms with Crippen LogP contribution in [0.25, 0.3) is 10.9 Å². The van der Waals surface area contributed by atoms with Crippen LogP contribution in [0.15, 0.2) is 18.2 Å². The first-order valence-electron chi connectivity index (χ1n) is 6.97. The van der Waals surface area contributed by atoms with E-state index in [9.17, 15) is 9.36 Å². The molecule has 2 heterocycles. The second kappa shape index (κ2) is 6.02. The van der Waals surface area contributed by atoms with E-state index in [2.05, 4.69) is 0 Å². The Morgan fingerprint density at radius 1 is 1.36 bits per heavy atom. The lowest BCUT2D eigenvalue weighted by Crippen LogP contribution is -2.12. The number of hydrogen-bond acceptors (Lipinski definition) is 4. The minimum Gasteiger partial charge on any atom is -0.465 e. The molecular formula is C16H19ClNO3P. The number of nitrogens with zero attached hydrogens (tertiary/aromatic N) is 1. The lowest BCUT2D eigenvalue weighted by Gasteiger charge is -2.24. The van der Waals surface area contributed by atoms with Gasteiger partial charge in [-0.15, -0.1) is 12.4 Å². The fourth-order valence-electron chi connectivity index (χ4n) is 2.94. The molecule has 6 heteroatoms. The molecular weight excluding hydrogens is 321 g/mol. The van der Waals surface area contributed by atoms with E-state index in [0.717, 1.165) is 40.3 Å². The SMILES string of the molecule is COC(=O)c1ccc2nc3c(c(C)c2c1)CP(C)(=O)CC3.Cl. The maximum Gasteiger partial charge on any atom is 0.337 e. The summed E-state index contributed by atoms with van der Waals surface area (Å²) in [5.74, 6) is -0.352. The van der Waals surface area contributed by atoms with E-state index < -0.39 is 7.14 Å². The third-order valence-electron chi connectivity index (χ3n) is 4.19. The van der Waals surface area contributed by atoms with Gasteiger partial charge in [-0.2, -0.15) is 0 Å². The molecule has 0 amide bonds. The van der Waals surface area contributed by atoms with Crippen LogP contribution in [-0.2, 0) is 21.9 Å². The number of carbonyl (C=O) groups excluding carboxylic acids is 1. The fourth-order valence-corrected chi connectivity index (χ4v) is 4.87. The Labute approximate surface area is 136 Å². The number of esters is 1. The van der Waals surface area contributed by atoms with E-state index in [-0.39, 0.29) is 18.4 Å². The number of pyridine rings is 1. The molecule has 1 aromatic carbocycles. The lowest BCUT2D eigenvalue weighted by molar-refractivity contribution is 0.0601. The molecule has 0 saturated heterocycles. The van der Waals surface area contributed by atoms with Crippen molar-refractivity contribution in [2.24, 2.45) is 0 Å². The highest BCUT2D eigenvalue weighted by molar-refractivity contribution is 7.62. The molecule has 1 aliphatic rings. The lowest BCUT2D eigenvalue weighted by atomic mass is 9.99. The van der Waals surface area contributed by atoms with Gasteiger partial charge in [-0.3, -0.25) is 4.98 Å². The van der Waals surface area contributed by atoms with Gasteiger partial charge in [-0.05, 0) is 49.3 Å². The molecule has 118 valence electrons. The van der Waals surface area contributed by atoms with Crippen molar-refractivity contribution in [2.45, 2.75) is 19.5 Å². The molecule has 0 spiro atoms. The summed E-state index contributed by atoms with van der Waals surface area (Å²) in [6.07, 6.45) is 2.12. The fraction of sp³-hybridized carbons (Fsp3) is 0.375. The van der Waals surface area contributed by atoms with Crippen molar-refractivity contribution >= 4 is 36.4 Å². The van der Waals surface area contributed by atoms with Gasteiger partial charge in [-0.1, -0.05) is 0 Å². The molecule has 1 atom stereocenters. The molecule has 0 aliphatic carbocycles. The van der Waals surface area contributed by atoms with Crippen molar-refractivity contribution in [2.75, 3.05) is 19.9 Å². The Bertz CT molecular complexity index is 804. The third kappa shape index (κ3) is 2.90. The van der Waals surface area contributed by atoms with Crippen LogP contribution < -0.4 is 0 Å². The number of ether oxygens (including phenoxy) is 1. The summed E-state index contributed by atoms with van der Waals surface area (Å²) in [4.78, 5) is 16.4. The van der Waals surface area contributed by atoms with E-state index in [1.54, 1.807) is 6.07 Å². The predicted molar refractivity (Wildman–Crippen MR) is 90.9 cm³/mol. The van der Waals surface area contributed by atoms with Crippen molar-refractivity contribution in [1.82, 2.24) is 4.98 Å². The van der Waals surface area contributed by atoms with Gasteiger partial charge in [0.25, 0.3) is 0 Å². The Morgan fingerprint density at radius 3 is 2.77 bits per heavy atom. The summed E-state index contributed by atoms with van der Waals surface area (Å²) in [5.41, 5.74) is 4.64. The summed E-state index contributed by atoms with van der Waals surface area (Å²) in [7, 11) is -0.719. The Morgan fingerprint density at radius 2 is 2.09 bits per heavy atom. The zero-order chi connectivity index (χ0) is 15.2. The molecule has 0 radical (unpaired) electrons. The van der Waals surface area contributed by atoms with E-state index in [1.165, 1.54) is 7.11 Å². The molecule has 1 aliphatic heterocycles. The largest absolute Gasteiger partial charge is 0.465 e. The number of hydrogen-bond donors (Lipinski definition) is 0. The van der Waals surface area contributed by atoms with Crippen LogP contribution in [0, 0.1) is 6.92 Å². The number of carbonyl (C=O) groups is 1. The highest BCUT2D eigenvalue weighted by atomic mass is 35.5. The van der Waals surface area contributed by atoms with E-state index in [1.807, 2.05) is 25.7 Å². The van der Waals surface area contributed by atoms with Crippen LogP contribution in [0.4, 0.5) is 0 Å². The van der Waals surface area contributed by atoms with Gasteiger partial charge in [0, 0.05) is 23.4 Å². The first-order chi connectivity index (χ1) is 9.91. The maximum atomic E-state index is 12.4. The Kier molecular flexibility index (Phi) is 4.65. The number of fused-ring (bicyclic) bond motifs is 2. The average molecular weight is 340 g/mol. The second-order valence-corrected chi connectivity index (χ2v) is 9.17. The van der Waals surface area contributed by atoms with Crippen molar-refractivity contribution in [3.05, 3.63) is 40.6 Å². The zero-order valence-electron chi connectivity index (χ0n) is 12.9. The van der Waals surface area contributed by atoms with Gasteiger partial charge in [0.05, 0.1) is 25.3 Å². The van der Waals surface area contributed by atoms with Crippen molar-refractivity contribution in [1.29, 1.82) is 0 Å². The highest BCUT2D eigenvalue weighted by Crippen LogP contribution is 2.50. The first kappa shape index (κ1) is 17.0.